The highest BCUT2D eigenvalue weighted by atomic mass is 32.2. The van der Waals surface area contributed by atoms with Crippen LogP contribution in [0.15, 0.2) is 24.3 Å². The Balaban J connectivity index is 1.22. The molecule has 1 aromatic rings. The Morgan fingerprint density at radius 3 is 2.59 bits per heavy atom. The molecule has 1 aromatic carbocycles. The molecule has 0 amide bonds. The molecule has 0 saturated carbocycles. The van der Waals surface area contributed by atoms with Gasteiger partial charge in [-0.05, 0) is 67.7 Å². The normalized spacial score (nSPS) is 29.4. The van der Waals surface area contributed by atoms with Gasteiger partial charge in [-0.25, -0.2) is 0 Å². The average molecular weight is 434 g/mol. The second kappa shape index (κ2) is 9.86. The summed E-state index contributed by atoms with van der Waals surface area (Å²) in [6.07, 6.45) is 2.70. The molecule has 5 rings (SSSR count). The van der Waals surface area contributed by atoms with E-state index in [1.54, 1.807) is 0 Å². The SMILES string of the molecule is CN(C)c1ccc(NC(=S)NCC2CC3CCN2CC3CN2CCSCC2)cc1. The first-order valence-corrected chi connectivity index (χ1v) is 12.5. The molecule has 4 fully saturated rings. The van der Waals surface area contributed by atoms with Gasteiger partial charge in [0, 0.05) is 75.7 Å². The van der Waals surface area contributed by atoms with Crippen LogP contribution < -0.4 is 15.5 Å². The van der Waals surface area contributed by atoms with Crippen molar-refractivity contribution >= 4 is 40.5 Å². The Morgan fingerprint density at radius 1 is 1.17 bits per heavy atom. The van der Waals surface area contributed by atoms with Gasteiger partial charge in [0.1, 0.15) is 0 Å². The Hall–Kier alpha value is -1.02. The molecule has 4 aliphatic rings. The van der Waals surface area contributed by atoms with E-state index in [9.17, 15) is 0 Å². The van der Waals surface area contributed by atoms with E-state index in [2.05, 4.69) is 75.5 Å². The van der Waals surface area contributed by atoms with Gasteiger partial charge < -0.3 is 20.4 Å². The largest absolute Gasteiger partial charge is 0.378 e. The summed E-state index contributed by atoms with van der Waals surface area (Å²) in [4.78, 5) is 7.52. The van der Waals surface area contributed by atoms with Crippen LogP contribution in [0.5, 0.6) is 0 Å². The molecule has 4 unspecified atom stereocenters. The predicted octanol–water partition coefficient (Wildman–Crippen LogP) is 2.80. The summed E-state index contributed by atoms with van der Waals surface area (Å²) in [6.45, 7) is 7.36. The van der Waals surface area contributed by atoms with E-state index >= 15 is 0 Å². The first kappa shape index (κ1) is 21.2. The molecule has 0 radical (unpaired) electrons. The highest BCUT2D eigenvalue weighted by Gasteiger charge is 2.40. The fraction of sp³-hybridized carbons (Fsp3) is 0.682. The zero-order valence-electron chi connectivity index (χ0n) is 17.8. The molecule has 4 atom stereocenters. The molecule has 4 aliphatic heterocycles. The van der Waals surface area contributed by atoms with Gasteiger partial charge in [-0.1, -0.05) is 0 Å². The first-order chi connectivity index (χ1) is 14.1. The molecule has 4 saturated heterocycles. The Labute approximate surface area is 185 Å². The minimum Gasteiger partial charge on any atom is -0.378 e. The van der Waals surface area contributed by atoms with E-state index in [0.29, 0.717) is 6.04 Å². The van der Waals surface area contributed by atoms with Crippen LogP contribution in [0.2, 0.25) is 0 Å². The molecular weight excluding hydrogens is 398 g/mol. The van der Waals surface area contributed by atoms with Crippen LogP contribution in [-0.2, 0) is 0 Å². The number of thioether (sulfide) groups is 1. The Morgan fingerprint density at radius 2 is 1.93 bits per heavy atom. The van der Waals surface area contributed by atoms with E-state index in [1.165, 1.54) is 62.8 Å². The van der Waals surface area contributed by atoms with Crippen molar-refractivity contribution in [3.8, 4) is 0 Å². The molecule has 2 N–H and O–H groups in total. The maximum absolute atomic E-state index is 5.55. The number of hydrogen-bond donors (Lipinski definition) is 2. The number of nitrogens with zero attached hydrogens (tertiary/aromatic N) is 3. The van der Waals surface area contributed by atoms with E-state index in [1.807, 2.05) is 0 Å². The number of thiocarbonyl (C=S) groups is 1. The van der Waals surface area contributed by atoms with Gasteiger partial charge in [0.25, 0.3) is 0 Å². The number of benzene rings is 1. The number of fused-ring (bicyclic) bond motifs is 3. The quantitative estimate of drug-likeness (QED) is 0.668. The van der Waals surface area contributed by atoms with Gasteiger partial charge in [0.15, 0.2) is 5.11 Å². The highest BCUT2D eigenvalue weighted by molar-refractivity contribution is 7.99. The van der Waals surface area contributed by atoms with Crippen molar-refractivity contribution < 1.29 is 0 Å². The summed E-state index contributed by atoms with van der Waals surface area (Å²) in [5.74, 6) is 4.39. The van der Waals surface area contributed by atoms with Crippen LogP contribution in [0.3, 0.4) is 0 Å². The van der Waals surface area contributed by atoms with Crippen LogP contribution >= 0.6 is 24.0 Å². The number of nitrogens with one attached hydrogen (secondary N) is 2. The molecule has 0 aliphatic carbocycles. The van der Waals surface area contributed by atoms with Crippen LogP contribution in [-0.4, -0.2) is 85.8 Å². The first-order valence-electron chi connectivity index (χ1n) is 10.9. The monoisotopic (exact) mass is 433 g/mol. The second-order valence-corrected chi connectivity index (χ2v) is 10.5. The van der Waals surface area contributed by atoms with Crippen molar-refractivity contribution in [1.29, 1.82) is 0 Å². The van der Waals surface area contributed by atoms with Gasteiger partial charge in [-0.3, -0.25) is 4.90 Å². The average Bonchev–Trinajstić information content (AvgIpc) is 2.74. The lowest BCUT2D eigenvalue weighted by molar-refractivity contribution is -0.00936. The fourth-order valence-corrected chi connectivity index (χ4v) is 6.19. The van der Waals surface area contributed by atoms with Gasteiger partial charge >= 0.3 is 0 Å². The lowest BCUT2D eigenvalue weighted by Gasteiger charge is -2.51. The molecule has 2 bridgehead atoms. The van der Waals surface area contributed by atoms with Gasteiger partial charge in [-0.2, -0.15) is 11.8 Å². The molecule has 4 heterocycles. The summed E-state index contributed by atoms with van der Waals surface area (Å²) in [5.41, 5.74) is 2.23. The third kappa shape index (κ3) is 5.57. The van der Waals surface area contributed by atoms with Crippen LogP contribution in [0.25, 0.3) is 0 Å². The van der Waals surface area contributed by atoms with Gasteiger partial charge in [-0.15, -0.1) is 0 Å². The topological polar surface area (TPSA) is 33.8 Å². The predicted molar refractivity (Wildman–Crippen MR) is 130 cm³/mol. The standard InChI is InChI=1S/C22H35N5S2/c1-25(2)20-5-3-19(4-6-20)24-22(28)23-14-21-13-17-7-8-27(21)16-18(17)15-26-9-11-29-12-10-26/h3-6,17-18,21H,7-16H2,1-2H3,(H2,23,24,28). The van der Waals surface area contributed by atoms with Crippen molar-refractivity contribution in [2.24, 2.45) is 11.8 Å². The summed E-state index contributed by atoms with van der Waals surface area (Å²) in [6, 6.07) is 9.01. The Kier molecular flexibility index (Phi) is 7.21. The number of piperidine rings is 3. The molecule has 29 heavy (non-hydrogen) atoms. The third-order valence-corrected chi connectivity index (χ3v) is 7.94. The minimum atomic E-state index is 0.623. The van der Waals surface area contributed by atoms with E-state index in [0.717, 1.165) is 29.2 Å². The second-order valence-electron chi connectivity index (χ2n) is 8.88. The number of anilines is 2. The highest BCUT2D eigenvalue weighted by Crippen LogP contribution is 2.36. The maximum Gasteiger partial charge on any atom is 0.170 e. The summed E-state index contributed by atoms with van der Waals surface area (Å²) in [7, 11) is 4.11. The van der Waals surface area contributed by atoms with E-state index in [4.69, 9.17) is 12.2 Å². The zero-order valence-corrected chi connectivity index (χ0v) is 19.4. The van der Waals surface area contributed by atoms with Crippen molar-refractivity contribution in [3.63, 3.8) is 0 Å². The molecule has 0 spiro atoms. The molecule has 160 valence electrons. The summed E-state index contributed by atoms with van der Waals surface area (Å²) in [5, 5.41) is 7.53. The van der Waals surface area contributed by atoms with Gasteiger partial charge in [0.05, 0.1) is 0 Å². The van der Waals surface area contributed by atoms with Crippen molar-refractivity contribution in [1.82, 2.24) is 15.1 Å². The fourth-order valence-electron chi connectivity index (χ4n) is 5.01. The number of rotatable bonds is 6. The van der Waals surface area contributed by atoms with Crippen LogP contribution in [0.4, 0.5) is 11.4 Å². The minimum absolute atomic E-state index is 0.623. The van der Waals surface area contributed by atoms with Gasteiger partial charge in [0.2, 0.25) is 0 Å². The lowest BCUT2D eigenvalue weighted by Crippen LogP contribution is -2.59. The summed E-state index contributed by atoms with van der Waals surface area (Å²) >= 11 is 7.65. The lowest BCUT2D eigenvalue weighted by atomic mass is 9.75. The van der Waals surface area contributed by atoms with Crippen LogP contribution in [0, 0.1) is 11.8 Å². The van der Waals surface area contributed by atoms with Crippen LogP contribution in [0.1, 0.15) is 12.8 Å². The molecule has 0 aromatic heterocycles. The van der Waals surface area contributed by atoms with E-state index in [-0.39, 0.29) is 0 Å². The zero-order chi connectivity index (χ0) is 20.2. The maximum atomic E-state index is 5.55. The molecule has 5 nitrogen and oxygen atoms in total. The number of hydrogen-bond acceptors (Lipinski definition) is 5. The summed E-state index contributed by atoms with van der Waals surface area (Å²) < 4.78 is 0. The molecular formula is C22H35N5S2. The Bertz CT molecular complexity index is 674. The van der Waals surface area contributed by atoms with Crippen molar-refractivity contribution in [3.05, 3.63) is 24.3 Å². The van der Waals surface area contributed by atoms with Crippen molar-refractivity contribution in [2.45, 2.75) is 18.9 Å². The van der Waals surface area contributed by atoms with E-state index < -0.39 is 0 Å². The molecule has 7 heteroatoms. The smallest absolute Gasteiger partial charge is 0.170 e. The third-order valence-electron chi connectivity index (χ3n) is 6.75. The van der Waals surface area contributed by atoms with Crippen molar-refractivity contribution in [2.75, 3.05) is 75.1 Å².